The van der Waals surface area contributed by atoms with Gasteiger partial charge in [-0.25, -0.2) is 0 Å². The van der Waals surface area contributed by atoms with Gasteiger partial charge in [0.2, 0.25) is 0 Å². The molecule has 3 aromatic carbocycles. The van der Waals surface area contributed by atoms with Crippen LogP contribution in [0.1, 0.15) is 0 Å². The van der Waals surface area contributed by atoms with E-state index in [0.717, 1.165) is 32.2 Å². The van der Waals surface area contributed by atoms with Crippen molar-refractivity contribution in [3.05, 3.63) is 79.0 Å². The maximum absolute atomic E-state index is 5.25. The van der Waals surface area contributed by atoms with Crippen molar-refractivity contribution < 1.29 is 9.47 Å². The maximum atomic E-state index is 5.25. The molecule has 28 heavy (non-hydrogen) atoms. The minimum Gasteiger partial charge on any atom is -0.497 e. The van der Waals surface area contributed by atoms with E-state index in [-0.39, 0.29) is 0 Å². The first-order valence-corrected chi connectivity index (χ1v) is 10.4. The van der Waals surface area contributed by atoms with E-state index in [4.69, 9.17) is 9.47 Å². The second kappa shape index (κ2) is 8.59. The lowest BCUT2D eigenvalue weighted by Crippen LogP contribution is -1.86. The van der Waals surface area contributed by atoms with Gasteiger partial charge in [-0.2, -0.15) is 0 Å². The van der Waals surface area contributed by atoms with Gasteiger partial charge in [-0.3, -0.25) is 4.98 Å². The minimum absolute atomic E-state index is 0.860. The van der Waals surface area contributed by atoms with Crippen LogP contribution < -0.4 is 9.47 Å². The maximum Gasteiger partial charge on any atom is 0.118 e. The highest BCUT2D eigenvalue weighted by atomic mass is 32.2. The molecule has 0 saturated carbocycles. The van der Waals surface area contributed by atoms with Crippen molar-refractivity contribution in [2.24, 2.45) is 0 Å². The first kappa shape index (κ1) is 18.7. The molecule has 0 amide bonds. The fourth-order valence-electron chi connectivity index (χ4n) is 2.83. The number of benzene rings is 3. The molecule has 4 rings (SSSR count). The Labute approximate surface area is 173 Å². The number of methoxy groups -OCH3 is 2. The van der Waals surface area contributed by atoms with Crippen molar-refractivity contribution in [3.63, 3.8) is 0 Å². The first-order chi connectivity index (χ1) is 13.8. The summed E-state index contributed by atoms with van der Waals surface area (Å²) >= 11 is 3.45. The van der Waals surface area contributed by atoms with Gasteiger partial charge in [0.1, 0.15) is 11.5 Å². The van der Waals surface area contributed by atoms with Gasteiger partial charge in [0, 0.05) is 31.2 Å². The van der Waals surface area contributed by atoms with Crippen molar-refractivity contribution in [2.45, 2.75) is 19.6 Å². The molecule has 0 unspecified atom stereocenters. The van der Waals surface area contributed by atoms with Crippen molar-refractivity contribution in [1.82, 2.24) is 4.98 Å². The zero-order chi connectivity index (χ0) is 19.3. The number of nitrogens with zero attached hydrogens (tertiary/aromatic N) is 1. The van der Waals surface area contributed by atoms with Crippen LogP contribution in [0.3, 0.4) is 0 Å². The van der Waals surface area contributed by atoms with Crippen molar-refractivity contribution in [3.8, 4) is 11.5 Å². The van der Waals surface area contributed by atoms with Gasteiger partial charge in [-0.1, -0.05) is 29.6 Å². The summed E-state index contributed by atoms with van der Waals surface area (Å²) in [5.74, 6) is 1.72. The summed E-state index contributed by atoms with van der Waals surface area (Å²) in [5.41, 5.74) is 1.02. The Morgan fingerprint density at radius 2 is 1.18 bits per heavy atom. The Balaban J connectivity index is 1.65. The fourth-order valence-corrected chi connectivity index (χ4v) is 4.69. The lowest BCUT2D eigenvalue weighted by atomic mass is 10.2. The topological polar surface area (TPSA) is 31.4 Å². The third-order valence-electron chi connectivity index (χ3n) is 4.27. The van der Waals surface area contributed by atoms with Gasteiger partial charge in [-0.15, -0.1) is 0 Å². The third kappa shape index (κ3) is 4.11. The summed E-state index contributed by atoms with van der Waals surface area (Å²) in [6, 6.07) is 24.6. The van der Waals surface area contributed by atoms with Gasteiger partial charge in [0.25, 0.3) is 0 Å². The average molecular weight is 406 g/mol. The van der Waals surface area contributed by atoms with Crippen LogP contribution in [0.4, 0.5) is 0 Å². The Bertz CT molecular complexity index is 992. The predicted octanol–water partition coefficient (Wildman–Crippen LogP) is 6.55. The van der Waals surface area contributed by atoms with E-state index >= 15 is 0 Å². The molecule has 0 radical (unpaired) electrons. The molecule has 140 valence electrons. The van der Waals surface area contributed by atoms with Gasteiger partial charge < -0.3 is 9.47 Å². The van der Waals surface area contributed by atoms with Crippen LogP contribution in [0.15, 0.2) is 98.6 Å². The quantitative estimate of drug-likeness (QED) is 0.363. The highest BCUT2D eigenvalue weighted by Crippen LogP contribution is 2.39. The lowest BCUT2D eigenvalue weighted by Gasteiger charge is -2.11. The number of ether oxygens (including phenoxy) is 2. The van der Waals surface area contributed by atoms with E-state index in [0.29, 0.717) is 0 Å². The van der Waals surface area contributed by atoms with Crippen LogP contribution in [-0.2, 0) is 0 Å². The van der Waals surface area contributed by atoms with E-state index in [1.54, 1.807) is 37.7 Å². The number of hydrogen-bond donors (Lipinski definition) is 0. The SMILES string of the molecule is COc1ccc(Sc2ccc(Sc3ccc(OC)cc3)c3ncccc23)cc1. The van der Waals surface area contributed by atoms with Crippen LogP contribution in [0.5, 0.6) is 11.5 Å². The molecule has 0 atom stereocenters. The van der Waals surface area contributed by atoms with E-state index in [9.17, 15) is 0 Å². The molecule has 0 spiro atoms. The largest absolute Gasteiger partial charge is 0.497 e. The van der Waals surface area contributed by atoms with E-state index < -0.39 is 0 Å². The minimum atomic E-state index is 0.860. The fraction of sp³-hybridized carbons (Fsp3) is 0.0870. The number of rotatable bonds is 6. The molecule has 0 bridgehead atoms. The van der Waals surface area contributed by atoms with Crippen LogP contribution >= 0.6 is 23.5 Å². The Hall–Kier alpha value is -2.63. The van der Waals surface area contributed by atoms with E-state index in [1.807, 2.05) is 36.5 Å². The smallest absolute Gasteiger partial charge is 0.118 e. The summed E-state index contributed by atoms with van der Waals surface area (Å²) in [6.45, 7) is 0. The molecular weight excluding hydrogens is 386 g/mol. The Morgan fingerprint density at radius 1 is 0.643 bits per heavy atom. The van der Waals surface area contributed by atoms with Crippen molar-refractivity contribution in [2.75, 3.05) is 14.2 Å². The van der Waals surface area contributed by atoms with Crippen molar-refractivity contribution in [1.29, 1.82) is 0 Å². The van der Waals surface area contributed by atoms with Crippen LogP contribution in [0, 0.1) is 0 Å². The molecule has 0 aliphatic heterocycles. The predicted molar refractivity (Wildman–Crippen MR) is 116 cm³/mol. The highest BCUT2D eigenvalue weighted by molar-refractivity contribution is 8.00. The van der Waals surface area contributed by atoms with Gasteiger partial charge in [-0.05, 0) is 66.7 Å². The number of pyridine rings is 1. The number of hydrogen-bond acceptors (Lipinski definition) is 5. The Morgan fingerprint density at radius 3 is 1.75 bits per heavy atom. The average Bonchev–Trinajstić information content (AvgIpc) is 2.76. The molecule has 1 heterocycles. The van der Waals surface area contributed by atoms with Gasteiger partial charge >= 0.3 is 0 Å². The van der Waals surface area contributed by atoms with E-state index in [2.05, 4.69) is 47.4 Å². The normalized spacial score (nSPS) is 10.8. The number of fused-ring (bicyclic) bond motifs is 1. The van der Waals surface area contributed by atoms with Gasteiger partial charge in [0.15, 0.2) is 0 Å². The zero-order valence-electron chi connectivity index (χ0n) is 15.6. The second-order valence-corrected chi connectivity index (χ2v) is 8.25. The van der Waals surface area contributed by atoms with Gasteiger partial charge in [0.05, 0.1) is 19.7 Å². The molecule has 0 N–H and O–H groups in total. The summed E-state index contributed by atoms with van der Waals surface area (Å²) in [6.07, 6.45) is 1.85. The standard InChI is InChI=1S/C23H19NO2S2/c1-25-16-5-9-18(10-6-16)27-21-13-14-22(23-20(21)4-3-15-24-23)28-19-11-7-17(26-2)8-12-19/h3-15H,1-2H3. The summed E-state index contributed by atoms with van der Waals surface area (Å²) < 4.78 is 10.5. The Kier molecular flexibility index (Phi) is 5.74. The summed E-state index contributed by atoms with van der Waals surface area (Å²) in [5, 5.41) is 1.15. The molecule has 4 aromatic rings. The van der Waals surface area contributed by atoms with Crippen LogP contribution in [0.2, 0.25) is 0 Å². The molecule has 1 aromatic heterocycles. The molecule has 3 nitrogen and oxygen atoms in total. The van der Waals surface area contributed by atoms with Crippen molar-refractivity contribution >= 4 is 34.4 Å². The zero-order valence-corrected chi connectivity index (χ0v) is 17.2. The lowest BCUT2D eigenvalue weighted by molar-refractivity contribution is 0.414. The molecule has 0 fully saturated rings. The van der Waals surface area contributed by atoms with Crippen LogP contribution in [-0.4, -0.2) is 19.2 Å². The highest BCUT2D eigenvalue weighted by Gasteiger charge is 2.10. The summed E-state index contributed by atoms with van der Waals surface area (Å²) in [7, 11) is 3.36. The molecule has 0 aliphatic rings. The third-order valence-corrected chi connectivity index (χ3v) is 6.41. The van der Waals surface area contributed by atoms with E-state index in [1.165, 1.54) is 9.79 Å². The molecular formula is C23H19NO2S2. The molecule has 5 heteroatoms. The van der Waals surface area contributed by atoms with Crippen LogP contribution in [0.25, 0.3) is 10.9 Å². The monoisotopic (exact) mass is 405 g/mol. The first-order valence-electron chi connectivity index (χ1n) is 8.78. The number of aromatic nitrogens is 1. The summed E-state index contributed by atoms with van der Waals surface area (Å²) in [4.78, 5) is 9.31. The molecule has 0 saturated heterocycles. The molecule has 0 aliphatic carbocycles. The second-order valence-electron chi connectivity index (χ2n) is 6.02.